The Labute approximate surface area is 209 Å². The largest absolute Gasteiger partial charge is 0.387 e. The molecule has 6 rings (SSSR count). The Morgan fingerprint density at radius 2 is 1.78 bits per heavy atom. The molecular weight excluding hydrogens is 482 g/mol. The first-order chi connectivity index (χ1) is 17.6. The molecule has 1 unspecified atom stereocenters. The smallest absolute Gasteiger partial charge is 0.256 e. The molecule has 36 heavy (non-hydrogen) atoms. The fourth-order valence-corrected chi connectivity index (χ4v) is 5.48. The zero-order valence-corrected chi connectivity index (χ0v) is 19.7. The lowest BCUT2D eigenvalue weighted by atomic mass is 10.0. The van der Waals surface area contributed by atoms with Crippen molar-refractivity contribution in [2.45, 2.75) is 24.0 Å². The van der Waals surface area contributed by atoms with Gasteiger partial charge >= 0.3 is 0 Å². The third kappa shape index (κ3) is 3.86. The van der Waals surface area contributed by atoms with E-state index < -0.39 is 24.0 Å². The number of hydrogen-bond donors (Lipinski definition) is 2. The summed E-state index contributed by atoms with van der Waals surface area (Å²) in [6.07, 6.45) is 0.547. The number of aliphatic hydroxyl groups is 1. The van der Waals surface area contributed by atoms with E-state index in [1.165, 1.54) is 12.7 Å². The molecule has 2 aliphatic rings. The molecule has 11 heteroatoms. The summed E-state index contributed by atoms with van der Waals surface area (Å²) >= 11 is 1.09. The minimum atomic E-state index is -1.04. The SMILES string of the molecule is O=C(Nc1ncnc2c1ncn2[C@@H]1O[C@@]2(CSC(=O)c3ccccc3)COC1[C@H]2O)c1ccccc1. The lowest BCUT2D eigenvalue weighted by Gasteiger charge is -2.30. The number of rotatable bonds is 6. The molecule has 0 radical (unpaired) electrons. The van der Waals surface area contributed by atoms with Crippen LogP contribution in [-0.2, 0) is 9.47 Å². The van der Waals surface area contributed by atoms with Gasteiger partial charge in [0.2, 0.25) is 5.12 Å². The van der Waals surface area contributed by atoms with Gasteiger partial charge in [-0.25, -0.2) is 15.0 Å². The molecule has 2 aromatic heterocycles. The Kier molecular flexibility index (Phi) is 5.76. The maximum absolute atomic E-state index is 12.6. The van der Waals surface area contributed by atoms with Crippen LogP contribution in [0.25, 0.3) is 11.2 Å². The molecule has 4 heterocycles. The van der Waals surface area contributed by atoms with Gasteiger partial charge in [-0.1, -0.05) is 60.3 Å². The predicted molar refractivity (Wildman–Crippen MR) is 132 cm³/mol. The average molecular weight is 504 g/mol. The second kappa shape index (κ2) is 9.10. The van der Waals surface area contributed by atoms with Gasteiger partial charge in [0.15, 0.2) is 23.2 Å². The molecule has 10 nitrogen and oxygen atoms in total. The summed E-state index contributed by atoms with van der Waals surface area (Å²) in [7, 11) is 0. The van der Waals surface area contributed by atoms with Crippen LogP contribution in [0.4, 0.5) is 5.82 Å². The number of fused-ring (bicyclic) bond motifs is 3. The van der Waals surface area contributed by atoms with Crippen LogP contribution >= 0.6 is 11.8 Å². The van der Waals surface area contributed by atoms with Crippen LogP contribution in [0.3, 0.4) is 0 Å². The van der Waals surface area contributed by atoms with E-state index in [-0.39, 0.29) is 29.2 Å². The molecule has 0 spiro atoms. The highest BCUT2D eigenvalue weighted by molar-refractivity contribution is 8.14. The van der Waals surface area contributed by atoms with E-state index >= 15 is 0 Å². The first kappa shape index (κ1) is 22.8. The number of anilines is 1. The number of nitrogens with one attached hydrogen (secondary N) is 1. The topological polar surface area (TPSA) is 128 Å². The Bertz CT molecular complexity index is 1430. The molecule has 2 aliphatic heterocycles. The van der Waals surface area contributed by atoms with Crippen molar-refractivity contribution in [2.24, 2.45) is 0 Å². The number of thioether (sulfide) groups is 1. The highest BCUT2D eigenvalue weighted by atomic mass is 32.2. The van der Waals surface area contributed by atoms with Gasteiger partial charge in [0, 0.05) is 16.9 Å². The fourth-order valence-electron chi connectivity index (χ4n) is 4.48. The van der Waals surface area contributed by atoms with Crippen LogP contribution in [0.15, 0.2) is 73.3 Å². The standard InChI is InChI=1S/C25H21N5O5S/c31-19-18-23(35-25(19,11-34-18)12-36-24(33)16-9-5-2-6-10-16)30-14-28-17-20(26-13-27-21(17)30)29-22(32)15-7-3-1-4-8-15/h1-10,13-14,18-19,23,31H,11-12H2,(H,26,27,29,32)/t18?,19-,23-,25-/m1/s1. The molecule has 4 aromatic rings. The summed E-state index contributed by atoms with van der Waals surface area (Å²) in [6, 6.07) is 17.7. The van der Waals surface area contributed by atoms with Gasteiger partial charge < -0.3 is 19.9 Å². The number of hydrogen-bond acceptors (Lipinski definition) is 9. The summed E-state index contributed by atoms with van der Waals surface area (Å²) in [5, 5.41) is 13.7. The Morgan fingerprint density at radius 1 is 1.06 bits per heavy atom. The minimum Gasteiger partial charge on any atom is -0.387 e. The average Bonchev–Trinajstić information content (AvgIpc) is 3.58. The van der Waals surface area contributed by atoms with Crippen molar-refractivity contribution < 1.29 is 24.2 Å². The molecule has 2 saturated heterocycles. The molecule has 2 N–H and O–H groups in total. The van der Waals surface area contributed by atoms with Crippen LogP contribution < -0.4 is 5.32 Å². The number of imidazole rings is 1. The summed E-state index contributed by atoms with van der Waals surface area (Å²) in [4.78, 5) is 38.2. The molecule has 182 valence electrons. The van der Waals surface area contributed by atoms with Gasteiger partial charge in [-0.05, 0) is 12.1 Å². The van der Waals surface area contributed by atoms with Crippen molar-refractivity contribution in [3.05, 3.63) is 84.4 Å². The zero-order chi connectivity index (χ0) is 24.7. The highest BCUT2D eigenvalue weighted by Gasteiger charge is 2.62. The number of amides is 1. The van der Waals surface area contributed by atoms with Crippen LogP contribution in [0.1, 0.15) is 26.9 Å². The molecule has 2 fully saturated rings. The third-order valence-corrected chi connectivity index (χ3v) is 7.50. The zero-order valence-electron chi connectivity index (χ0n) is 18.9. The molecular formula is C25H21N5O5S. The number of aromatic nitrogens is 4. The molecule has 1 amide bonds. The molecule has 2 bridgehead atoms. The molecule has 0 aliphatic carbocycles. The van der Waals surface area contributed by atoms with E-state index in [0.29, 0.717) is 22.3 Å². The number of benzene rings is 2. The van der Waals surface area contributed by atoms with Gasteiger partial charge in [0.1, 0.15) is 24.1 Å². The number of ether oxygens (including phenoxy) is 2. The second-order valence-electron chi connectivity index (χ2n) is 8.60. The van der Waals surface area contributed by atoms with Gasteiger partial charge in [-0.3, -0.25) is 14.2 Å². The molecule has 0 saturated carbocycles. The molecule has 4 atom stereocenters. The first-order valence-corrected chi connectivity index (χ1v) is 12.3. The maximum atomic E-state index is 12.6. The number of carbonyl (C=O) groups excluding carboxylic acids is 2. The summed E-state index contributed by atoms with van der Waals surface area (Å²) in [5.74, 6) is 0.171. The van der Waals surface area contributed by atoms with Crippen molar-refractivity contribution >= 4 is 39.8 Å². The number of nitrogens with zero attached hydrogens (tertiary/aromatic N) is 4. The van der Waals surface area contributed by atoms with Gasteiger partial charge in [-0.15, -0.1) is 0 Å². The first-order valence-electron chi connectivity index (χ1n) is 11.3. The lowest BCUT2D eigenvalue weighted by Crippen LogP contribution is -2.43. The van der Waals surface area contributed by atoms with Crippen molar-refractivity contribution in [3.63, 3.8) is 0 Å². The second-order valence-corrected chi connectivity index (χ2v) is 9.55. The van der Waals surface area contributed by atoms with Crippen molar-refractivity contribution in [1.29, 1.82) is 0 Å². The predicted octanol–water partition coefficient (Wildman–Crippen LogP) is 2.68. The monoisotopic (exact) mass is 503 g/mol. The third-order valence-electron chi connectivity index (χ3n) is 6.36. The van der Waals surface area contributed by atoms with Crippen LogP contribution in [0, 0.1) is 0 Å². The van der Waals surface area contributed by atoms with E-state index in [0.717, 1.165) is 11.8 Å². The summed E-state index contributed by atoms with van der Waals surface area (Å²) in [5.41, 5.74) is 0.829. The molecule has 2 aromatic carbocycles. The fraction of sp³-hybridized carbons (Fsp3) is 0.240. The van der Waals surface area contributed by atoms with E-state index in [4.69, 9.17) is 9.47 Å². The Hall–Kier alpha value is -3.64. The van der Waals surface area contributed by atoms with Crippen molar-refractivity contribution in [1.82, 2.24) is 19.5 Å². The Balaban J connectivity index is 1.23. The van der Waals surface area contributed by atoms with Crippen LogP contribution in [0.5, 0.6) is 0 Å². The van der Waals surface area contributed by atoms with Crippen LogP contribution in [0.2, 0.25) is 0 Å². The highest BCUT2D eigenvalue weighted by Crippen LogP contribution is 2.47. The summed E-state index contributed by atoms with van der Waals surface area (Å²) in [6.45, 7) is 0.171. The maximum Gasteiger partial charge on any atom is 0.256 e. The van der Waals surface area contributed by atoms with Gasteiger partial charge in [0.25, 0.3) is 5.91 Å². The number of carbonyl (C=O) groups is 2. The van der Waals surface area contributed by atoms with Gasteiger partial charge in [-0.2, -0.15) is 0 Å². The lowest BCUT2D eigenvalue weighted by molar-refractivity contribution is -0.162. The normalized spacial score (nSPS) is 24.8. The van der Waals surface area contributed by atoms with E-state index in [1.54, 1.807) is 53.1 Å². The van der Waals surface area contributed by atoms with E-state index in [9.17, 15) is 14.7 Å². The van der Waals surface area contributed by atoms with Crippen LogP contribution in [-0.4, -0.2) is 65.8 Å². The quantitative estimate of drug-likeness (QED) is 0.408. The van der Waals surface area contributed by atoms with Crippen molar-refractivity contribution in [2.75, 3.05) is 17.7 Å². The number of aliphatic hydroxyl groups excluding tert-OH is 1. The van der Waals surface area contributed by atoms with E-state index in [2.05, 4.69) is 20.3 Å². The van der Waals surface area contributed by atoms with E-state index in [1.807, 2.05) is 12.1 Å². The summed E-state index contributed by atoms with van der Waals surface area (Å²) < 4.78 is 13.9. The minimum absolute atomic E-state index is 0.104. The van der Waals surface area contributed by atoms with Gasteiger partial charge in [0.05, 0.1) is 12.9 Å². The Morgan fingerprint density at radius 3 is 2.53 bits per heavy atom. The van der Waals surface area contributed by atoms with Crippen molar-refractivity contribution in [3.8, 4) is 0 Å².